The smallest absolute Gasteiger partial charge is 0.464 e. The Morgan fingerprint density at radius 3 is 1.86 bits per heavy atom. The molecule has 0 amide bonds. The first kappa shape index (κ1) is 21.6. The van der Waals surface area contributed by atoms with E-state index in [1.165, 1.54) is 6.92 Å². The predicted molar refractivity (Wildman–Crippen MR) is 71.2 cm³/mol. The number of halogens is 8. The van der Waals surface area contributed by atoms with Gasteiger partial charge in [0.25, 0.3) is 0 Å². The van der Waals surface area contributed by atoms with Gasteiger partial charge < -0.3 is 4.74 Å². The van der Waals surface area contributed by atoms with Gasteiger partial charge in [-0.25, -0.2) is 4.79 Å². The summed E-state index contributed by atoms with van der Waals surface area (Å²) in [5.41, 5.74) is -5.85. The molecule has 0 aliphatic heterocycles. The van der Waals surface area contributed by atoms with Crippen LogP contribution in [-0.4, -0.2) is 40.7 Å². The molecule has 0 aliphatic rings. The number of esters is 1. The lowest BCUT2D eigenvalue weighted by Crippen LogP contribution is -2.51. The largest absolute Gasteiger partial charge is 0.523 e. The highest BCUT2D eigenvalue weighted by Gasteiger charge is 2.60. The minimum absolute atomic E-state index is 0.279. The molecule has 21 heavy (non-hydrogen) atoms. The second-order valence-corrected chi connectivity index (χ2v) is 8.58. The van der Waals surface area contributed by atoms with Crippen molar-refractivity contribution in [3.63, 3.8) is 0 Å². The molecule has 0 saturated carbocycles. The first-order valence-corrected chi connectivity index (χ1v) is 7.98. The van der Waals surface area contributed by atoms with Gasteiger partial charge in [0.1, 0.15) is 0 Å². The molecule has 0 spiro atoms. The van der Waals surface area contributed by atoms with E-state index in [9.17, 15) is 26.4 Å². The number of hydrogen-bond acceptors (Lipinski definition) is 5. The Kier molecular flexibility index (Phi) is 7.23. The monoisotopic (exact) mass is 434 g/mol. The molecule has 0 aliphatic carbocycles. The Morgan fingerprint density at radius 1 is 1.14 bits per heavy atom. The SMILES string of the molecule is CCOC(=O)C(Cl)(Cl)C(OS(=O)(=O)C(F)(F)F)C(Cl)(Cl)Cl. The fourth-order valence-electron chi connectivity index (χ4n) is 0.836. The topological polar surface area (TPSA) is 69.7 Å². The van der Waals surface area contributed by atoms with Crippen molar-refractivity contribution in [1.82, 2.24) is 0 Å². The summed E-state index contributed by atoms with van der Waals surface area (Å²) in [6, 6.07) is 0. The maximum atomic E-state index is 12.3. The van der Waals surface area contributed by atoms with E-state index in [0.29, 0.717) is 0 Å². The summed E-state index contributed by atoms with van der Waals surface area (Å²) >= 11 is 26.8. The van der Waals surface area contributed by atoms with Crippen LogP contribution in [0.4, 0.5) is 13.2 Å². The van der Waals surface area contributed by atoms with Crippen LogP contribution in [0.2, 0.25) is 0 Å². The lowest BCUT2D eigenvalue weighted by molar-refractivity contribution is -0.146. The van der Waals surface area contributed by atoms with Gasteiger partial charge in [0.15, 0.2) is 6.10 Å². The highest BCUT2D eigenvalue weighted by Crippen LogP contribution is 2.45. The molecule has 0 radical (unpaired) electrons. The normalized spacial score (nSPS) is 15.7. The average Bonchev–Trinajstić information content (AvgIpc) is 2.23. The van der Waals surface area contributed by atoms with Gasteiger partial charge >= 0.3 is 21.6 Å². The molecule has 0 rings (SSSR count). The van der Waals surface area contributed by atoms with Gasteiger partial charge in [0, 0.05) is 0 Å². The Balaban J connectivity index is 5.70. The molecule has 1 atom stereocenters. The zero-order valence-corrected chi connectivity index (χ0v) is 14.4. The summed E-state index contributed by atoms with van der Waals surface area (Å²) in [5.74, 6) is -1.55. The fraction of sp³-hybridized carbons (Fsp3) is 0.857. The highest BCUT2D eigenvalue weighted by atomic mass is 35.6. The van der Waals surface area contributed by atoms with Crippen LogP contribution in [0.3, 0.4) is 0 Å². The molecule has 5 nitrogen and oxygen atoms in total. The fourth-order valence-corrected chi connectivity index (χ4v) is 3.24. The number of hydrogen-bond donors (Lipinski definition) is 0. The minimum Gasteiger partial charge on any atom is -0.464 e. The highest BCUT2D eigenvalue weighted by molar-refractivity contribution is 7.87. The Labute approximate surface area is 142 Å². The molecule has 0 N–H and O–H groups in total. The van der Waals surface area contributed by atoms with E-state index in [1.54, 1.807) is 0 Å². The summed E-state index contributed by atoms with van der Waals surface area (Å²) in [4.78, 5) is 11.5. The molecule has 14 heteroatoms. The third-order valence-electron chi connectivity index (χ3n) is 1.68. The summed E-state index contributed by atoms with van der Waals surface area (Å²) in [5, 5.41) is 0. The average molecular weight is 436 g/mol. The Morgan fingerprint density at radius 2 is 1.57 bits per heavy atom. The van der Waals surface area contributed by atoms with Crippen molar-refractivity contribution in [3.8, 4) is 0 Å². The Hall–Kier alpha value is 0.620. The van der Waals surface area contributed by atoms with Gasteiger partial charge in [-0.15, -0.1) is 0 Å². The van der Waals surface area contributed by atoms with Crippen molar-refractivity contribution in [2.75, 3.05) is 6.61 Å². The van der Waals surface area contributed by atoms with Crippen LogP contribution in [0.15, 0.2) is 0 Å². The number of alkyl halides is 8. The maximum Gasteiger partial charge on any atom is 0.523 e. The van der Waals surface area contributed by atoms with Crippen molar-refractivity contribution < 1.29 is 35.3 Å². The van der Waals surface area contributed by atoms with Gasteiger partial charge in [-0.05, 0) is 6.92 Å². The van der Waals surface area contributed by atoms with Crippen LogP contribution in [0.1, 0.15) is 6.92 Å². The van der Waals surface area contributed by atoms with E-state index in [1.807, 2.05) is 0 Å². The summed E-state index contributed by atoms with van der Waals surface area (Å²) in [6.07, 6.45) is -2.72. The van der Waals surface area contributed by atoms with Crippen LogP contribution >= 0.6 is 58.0 Å². The van der Waals surface area contributed by atoms with Gasteiger partial charge in [-0.1, -0.05) is 58.0 Å². The standard InChI is InChI=1S/C7H6Cl5F3O5S/c1-2-19-4(16)5(8,9)3(6(10,11)12)20-21(17,18)7(13,14)15/h3H,2H2,1H3. The zero-order chi connectivity index (χ0) is 17.3. The lowest BCUT2D eigenvalue weighted by atomic mass is 10.2. The van der Waals surface area contributed by atoms with Gasteiger partial charge in [0.05, 0.1) is 6.61 Å². The van der Waals surface area contributed by atoms with Crippen LogP contribution in [-0.2, 0) is 23.8 Å². The number of carbonyl (C=O) groups excluding carboxylic acids is 1. The Bertz CT molecular complexity index is 486. The van der Waals surface area contributed by atoms with Gasteiger partial charge in [-0.3, -0.25) is 4.18 Å². The van der Waals surface area contributed by atoms with Crippen molar-refractivity contribution in [3.05, 3.63) is 0 Å². The maximum absolute atomic E-state index is 12.3. The molecule has 0 fully saturated rings. The molecule has 0 heterocycles. The van der Waals surface area contributed by atoms with E-state index in [2.05, 4.69) is 8.92 Å². The van der Waals surface area contributed by atoms with E-state index in [-0.39, 0.29) is 6.61 Å². The van der Waals surface area contributed by atoms with Crippen LogP contribution in [0.5, 0.6) is 0 Å². The summed E-state index contributed by atoms with van der Waals surface area (Å²) in [6.45, 7) is 1.04. The van der Waals surface area contributed by atoms with Gasteiger partial charge in [0.2, 0.25) is 8.13 Å². The molecule has 1 unspecified atom stereocenters. The summed E-state index contributed by atoms with van der Waals surface area (Å²) in [7, 11) is -6.24. The summed E-state index contributed by atoms with van der Waals surface area (Å²) < 4.78 is 60.8. The molecule has 0 aromatic carbocycles. The van der Waals surface area contributed by atoms with Crippen molar-refractivity contribution in [1.29, 1.82) is 0 Å². The number of carbonyl (C=O) groups is 1. The second-order valence-electron chi connectivity index (χ2n) is 3.26. The molecule has 0 saturated heterocycles. The van der Waals surface area contributed by atoms with E-state index in [4.69, 9.17) is 58.0 Å². The van der Waals surface area contributed by atoms with E-state index < -0.39 is 35.8 Å². The molecular weight excluding hydrogens is 430 g/mol. The number of rotatable bonds is 5. The molecule has 126 valence electrons. The first-order chi connectivity index (χ1) is 9.07. The van der Waals surface area contributed by atoms with Crippen LogP contribution in [0.25, 0.3) is 0 Å². The van der Waals surface area contributed by atoms with Crippen molar-refractivity contribution in [2.24, 2.45) is 0 Å². The predicted octanol–water partition coefficient (Wildman–Crippen LogP) is 3.33. The zero-order valence-electron chi connectivity index (χ0n) is 9.76. The lowest BCUT2D eigenvalue weighted by Gasteiger charge is -2.31. The van der Waals surface area contributed by atoms with Gasteiger partial charge in [-0.2, -0.15) is 21.6 Å². The van der Waals surface area contributed by atoms with Crippen molar-refractivity contribution >= 4 is 74.1 Å². The van der Waals surface area contributed by atoms with Crippen LogP contribution < -0.4 is 0 Å². The molecule has 0 bridgehead atoms. The number of ether oxygens (including phenoxy) is 1. The third kappa shape index (κ3) is 5.63. The van der Waals surface area contributed by atoms with Crippen LogP contribution in [0, 0.1) is 0 Å². The second kappa shape index (κ2) is 7.02. The minimum atomic E-state index is -6.24. The molecule has 0 aromatic heterocycles. The van der Waals surface area contributed by atoms with E-state index >= 15 is 0 Å². The van der Waals surface area contributed by atoms with E-state index in [0.717, 1.165) is 0 Å². The quantitative estimate of drug-likeness (QED) is 0.286. The first-order valence-electron chi connectivity index (χ1n) is 4.68. The molecular formula is C7H6Cl5F3O5S. The van der Waals surface area contributed by atoms with Crippen molar-refractivity contribution in [2.45, 2.75) is 26.7 Å². The molecule has 0 aromatic rings. The third-order valence-corrected chi connectivity index (χ3v) is 3.99.